The van der Waals surface area contributed by atoms with Crippen LogP contribution in [0.3, 0.4) is 0 Å². The minimum atomic E-state index is -4.36. The summed E-state index contributed by atoms with van der Waals surface area (Å²) in [6, 6.07) is 12.9. The molecule has 7 heteroatoms. The Morgan fingerprint density at radius 2 is 1.88 bits per heavy atom. The van der Waals surface area contributed by atoms with Gasteiger partial charge < -0.3 is 4.74 Å². The Kier molecular flexibility index (Phi) is 5.18. The van der Waals surface area contributed by atoms with Crippen molar-refractivity contribution in [3.05, 3.63) is 76.3 Å². The minimum absolute atomic E-state index is 0.141. The van der Waals surface area contributed by atoms with E-state index < -0.39 is 11.7 Å². The van der Waals surface area contributed by atoms with Crippen LogP contribution in [-0.4, -0.2) is 7.11 Å². The number of nitrogen functional groups attached to an aromatic ring is 1. The zero-order chi connectivity index (χ0) is 18.7. The van der Waals surface area contributed by atoms with E-state index in [0.29, 0.717) is 17.1 Å². The van der Waals surface area contributed by atoms with Gasteiger partial charge in [0.2, 0.25) is 0 Å². The molecule has 0 aliphatic rings. The van der Waals surface area contributed by atoms with E-state index >= 15 is 0 Å². The highest BCUT2D eigenvalue weighted by atomic mass is 32.1. The van der Waals surface area contributed by atoms with E-state index in [2.05, 4.69) is 4.98 Å². The standard InChI is InChI=1S/C19H17F3N2OS/c1-25-15-7-5-13(6-8-15)16(17-11-26-18(23)24-17)10-12-3-2-4-14(9-12)19(20,21)22/h2-9,11,16H,10H2,1H3,(H2,23,24)/p+1. The number of hydrogen-bond donors (Lipinski definition) is 1. The lowest BCUT2D eigenvalue weighted by Crippen LogP contribution is -2.17. The van der Waals surface area contributed by atoms with Crippen LogP contribution in [0.25, 0.3) is 0 Å². The maximum atomic E-state index is 13.0. The topological polar surface area (TPSA) is 49.4 Å². The Labute approximate surface area is 153 Å². The van der Waals surface area contributed by atoms with Crippen LogP contribution in [0.2, 0.25) is 0 Å². The molecule has 0 bridgehead atoms. The number of aromatic nitrogens is 1. The maximum absolute atomic E-state index is 13.0. The molecular weight excluding hydrogens is 361 g/mol. The number of halogens is 3. The van der Waals surface area contributed by atoms with Crippen LogP contribution in [0.1, 0.15) is 28.3 Å². The summed E-state index contributed by atoms with van der Waals surface area (Å²) in [6.07, 6.45) is -3.94. The molecule has 3 aromatic rings. The second kappa shape index (κ2) is 7.37. The van der Waals surface area contributed by atoms with E-state index in [-0.39, 0.29) is 5.92 Å². The molecule has 0 fully saturated rings. The summed E-state index contributed by atoms with van der Waals surface area (Å²) in [5, 5.41) is 2.46. The molecule has 2 aromatic carbocycles. The van der Waals surface area contributed by atoms with Crippen LogP contribution in [-0.2, 0) is 12.6 Å². The maximum Gasteiger partial charge on any atom is 0.416 e. The van der Waals surface area contributed by atoms with Crippen LogP contribution in [0.15, 0.2) is 53.9 Å². The number of hydrogen-bond acceptors (Lipinski definition) is 3. The Morgan fingerprint density at radius 3 is 2.46 bits per heavy atom. The molecule has 0 saturated heterocycles. The second-order valence-electron chi connectivity index (χ2n) is 5.91. The smallest absolute Gasteiger partial charge is 0.416 e. The van der Waals surface area contributed by atoms with Gasteiger partial charge in [-0.3, -0.25) is 5.73 Å². The van der Waals surface area contributed by atoms with Crippen LogP contribution in [0, 0.1) is 0 Å². The Hall–Kier alpha value is -2.54. The number of aromatic amines is 1. The molecule has 26 heavy (non-hydrogen) atoms. The third-order valence-electron chi connectivity index (χ3n) is 4.17. The van der Waals surface area contributed by atoms with Crippen molar-refractivity contribution >= 4 is 16.5 Å². The molecule has 0 amide bonds. The molecule has 0 aliphatic heterocycles. The average molecular weight is 379 g/mol. The zero-order valence-corrected chi connectivity index (χ0v) is 14.8. The number of benzene rings is 2. The number of anilines is 1. The minimum Gasteiger partial charge on any atom is -0.497 e. The predicted molar refractivity (Wildman–Crippen MR) is 95.3 cm³/mol. The van der Waals surface area contributed by atoms with Gasteiger partial charge >= 0.3 is 11.3 Å². The lowest BCUT2D eigenvalue weighted by molar-refractivity contribution is -0.368. The molecule has 0 saturated carbocycles. The van der Waals surface area contributed by atoms with E-state index in [9.17, 15) is 13.2 Å². The molecule has 0 spiro atoms. The number of nitrogens with two attached hydrogens (primary N) is 1. The fourth-order valence-corrected chi connectivity index (χ4v) is 3.51. The molecule has 1 atom stereocenters. The van der Waals surface area contributed by atoms with Crippen LogP contribution < -0.4 is 15.5 Å². The van der Waals surface area contributed by atoms with E-state index in [0.717, 1.165) is 23.1 Å². The second-order valence-corrected chi connectivity index (χ2v) is 6.82. The monoisotopic (exact) mass is 379 g/mol. The molecule has 136 valence electrons. The van der Waals surface area contributed by atoms with Gasteiger partial charge in [-0.1, -0.05) is 41.7 Å². The van der Waals surface area contributed by atoms with E-state index in [1.54, 1.807) is 13.2 Å². The quantitative estimate of drug-likeness (QED) is 0.707. The number of rotatable bonds is 5. The molecule has 1 unspecified atom stereocenters. The lowest BCUT2D eigenvalue weighted by Gasteiger charge is -2.16. The normalized spacial score (nSPS) is 12.8. The molecule has 1 heterocycles. The number of alkyl halides is 3. The van der Waals surface area contributed by atoms with Crippen molar-refractivity contribution in [1.82, 2.24) is 0 Å². The fourth-order valence-electron chi connectivity index (χ4n) is 2.85. The number of methoxy groups -OCH3 is 1. The molecule has 3 nitrogen and oxygen atoms in total. The number of nitrogens with one attached hydrogen (secondary N) is 1. The number of thiazole rings is 1. The first-order chi connectivity index (χ1) is 12.4. The highest BCUT2D eigenvalue weighted by Gasteiger charge is 2.31. The van der Waals surface area contributed by atoms with E-state index in [1.165, 1.54) is 23.5 Å². The average Bonchev–Trinajstić information content (AvgIpc) is 3.05. The summed E-state index contributed by atoms with van der Waals surface area (Å²) in [5.41, 5.74) is 7.62. The third-order valence-corrected chi connectivity index (χ3v) is 4.90. The van der Waals surface area contributed by atoms with Gasteiger partial charge in [0.1, 0.15) is 11.4 Å². The van der Waals surface area contributed by atoms with Crippen molar-refractivity contribution in [2.45, 2.75) is 18.5 Å². The van der Waals surface area contributed by atoms with Gasteiger partial charge in [-0.2, -0.15) is 13.2 Å². The highest BCUT2D eigenvalue weighted by Crippen LogP contribution is 2.33. The summed E-state index contributed by atoms with van der Waals surface area (Å²) in [5.74, 6) is 0.582. The number of ether oxygens (including phenoxy) is 1. The molecular formula is C19H18F3N2OS+. The Bertz CT molecular complexity index is 875. The van der Waals surface area contributed by atoms with Crippen molar-refractivity contribution in [3.8, 4) is 5.75 Å². The summed E-state index contributed by atoms with van der Waals surface area (Å²) in [7, 11) is 1.59. The fraction of sp³-hybridized carbons (Fsp3) is 0.211. The van der Waals surface area contributed by atoms with Crippen LogP contribution in [0.5, 0.6) is 5.75 Å². The summed E-state index contributed by atoms with van der Waals surface area (Å²) >= 11 is 1.37. The van der Waals surface area contributed by atoms with E-state index in [1.807, 2.05) is 29.6 Å². The van der Waals surface area contributed by atoms with Gasteiger partial charge in [0.05, 0.1) is 18.6 Å². The lowest BCUT2D eigenvalue weighted by atomic mass is 9.89. The Balaban J connectivity index is 1.96. The van der Waals surface area contributed by atoms with E-state index in [4.69, 9.17) is 10.5 Å². The van der Waals surface area contributed by atoms with Crippen LogP contribution in [0.4, 0.5) is 18.3 Å². The van der Waals surface area contributed by atoms with Crippen molar-refractivity contribution in [3.63, 3.8) is 0 Å². The van der Waals surface area contributed by atoms with Crippen LogP contribution >= 0.6 is 11.3 Å². The molecule has 0 aliphatic carbocycles. The van der Waals surface area contributed by atoms with Gasteiger partial charge in [0.15, 0.2) is 0 Å². The first-order valence-corrected chi connectivity index (χ1v) is 8.81. The first-order valence-electron chi connectivity index (χ1n) is 7.93. The molecule has 1 aromatic heterocycles. The van der Waals surface area contributed by atoms with Crippen molar-refractivity contribution in [2.75, 3.05) is 12.8 Å². The summed E-state index contributed by atoms with van der Waals surface area (Å²) < 4.78 is 44.2. The zero-order valence-electron chi connectivity index (χ0n) is 14.0. The van der Waals surface area contributed by atoms with Gasteiger partial charge in [0, 0.05) is 5.38 Å². The molecule has 3 N–H and O–H groups in total. The van der Waals surface area contributed by atoms with Crippen molar-refractivity contribution in [2.24, 2.45) is 0 Å². The summed E-state index contributed by atoms with van der Waals surface area (Å²) in [4.78, 5) is 3.11. The van der Waals surface area contributed by atoms with Gasteiger partial charge in [-0.15, -0.1) is 0 Å². The van der Waals surface area contributed by atoms with Crippen molar-refractivity contribution in [1.29, 1.82) is 0 Å². The summed E-state index contributed by atoms with van der Waals surface area (Å²) in [6.45, 7) is 0. The van der Waals surface area contributed by atoms with Gasteiger partial charge in [-0.05, 0) is 35.7 Å². The predicted octanol–water partition coefficient (Wildman–Crippen LogP) is 4.55. The molecule has 3 rings (SSSR count). The number of H-pyrrole nitrogens is 1. The largest absolute Gasteiger partial charge is 0.497 e. The SMILES string of the molecule is COc1ccc(C(Cc2cccc(C(F)(F)F)c2)c2csc(N)[nH+]2)cc1. The van der Waals surface area contributed by atoms with Gasteiger partial charge in [0.25, 0.3) is 0 Å². The highest BCUT2D eigenvalue weighted by molar-refractivity contribution is 7.13. The van der Waals surface area contributed by atoms with Gasteiger partial charge in [-0.25, -0.2) is 4.98 Å². The molecule has 0 radical (unpaired) electrons. The first kappa shape index (κ1) is 18.3. The third kappa shape index (κ3) is 4.16. The Morgan fingerprint density at radius 1 is 1.15 bits per heavy atom. The van der Waals surface area contributed by atoms with Crippen molar-refractivity contribution < 1.29 is 22.9 Å².